The second-order valence-corrected chi connectivity index (χ2v) is 6.29. The molecule has 0 aliphatic carbocycles. The third-order valence-electron chi connectivity index (χ3n) is 4.45. The molecular formula is C20H20FNO5. The van der Waals surface area contributed by atoms with E-state index in [-0.39, 0.29) is 16.9 Å². The number of furan rings is 1. The average molecular weight is 373 g/mol. The monoisotopic (exact) mass is 373 g/mol. The maximum atomic E-state index is 13.8. The van der Waals surface area contributed by atoms with Crippen LogP contribution in [0.25, 0.3) is 5.76 Å². The molecule has 6 nitrogen and oxygen atoms in total. The minimum absolute atomic E-state index is 0.000256. The number of hydrogen-bond acceptors (Lipinski definition) is 5. The van der Waals surface area contributed by atoms with Gasteiger partial charge < -0.3 is 19.2 Å². The SMILES string of the molecule is CCCN1C(=O)C(=O)/C(=C(/O)c2cc(F)ccc2OC)C1c1ccc(C)o1. The van der Waals surface area contributed by atoms with Crippen LogP contribution >= 0.6 is 0 Å². The van der Waals surface area contributed by atoms with E-state index in [0.29, 0.717) is 24.5 Å². The molecule has 1 aromatic carbocycles. The number of likely N-dealkylation sites (tertiary alicyclic amines) is 1. The second-order valence-electron chi connectivity index (χ2n) is 6.29. The van der Waals surface area contributed by atoms with Crippen molar-refractivity contribution in [1.29, 1.82) is 0 Å². The van der Waals surface area contributed by atoms with Gasteiger partial charge in [0.15, 0.2) is 0 Å². The Morgan fingerprint density at radius 1 is 1.30 bits per heavy atom. The Labute approximate surface area is 155 Å². The highest BCUT2D eigenvalue weighted by Crippen LogP contribution is 2.41. The maximum Gasteiger partial charge on any atom is 0.295 e. The summed E-state index contributed by atoms with van der Waals surface area (Å²) >= 11 is 0. The summed E-state index contributed by atoms with van der Waals surface area (Å²) in [5.74, 6) is -1.52. The van der Waals surface area contributed by atoms with Gasteiger partial charge in [0.2, 0.25) is 0 Å². The quantitative estimate of drug-likeness (QED) is 0.492. The number of hydrogen-bond donors (Lipinski definition) is 1. The highest BCUT2D eigenvalue weighted by Gasteiger charge is 2.47. The number of rotatable bonds is 5. The molecule has 1 atom stereocenters. The van der Waals surface area contributed by atoms with Crippen LogP contribution in [0.4, 0.5) is 4.39 Å². The predicted octanol–water partition coefficient (Wildman–Crippen LogP) is 3.57. The lowest BCUT2D eigenvalue weighted by Gasteiger charge is -2.22. The van der Waals surface area contributed by atoms with Gasteiger partial charge in [0.05, 0.1) is 18.2 Å². The average Bonchev–Trinajstić information content (AvgIpc) is 3.18. The first-order valence-corrected chi connectivity index (χ1v) is 8.57. The van der Waals surface area contributed by atoms with E-state index in [1.807, 2.05) is 6.92 Å². The van der Waals surface area contributed by atoms with Crippen LogP contribution < -0.4 is 4.74 Å². The van der Waals surface area contributed by atoms with Gasteiger partial charge in [0.25, 0.3) is 11.7 Å². The Morgan fingerprint density at radius 2 is 2.04 bits per heavy atom. The summed E-state index contributed by atoms with van der Waals surface area (Å²) in [6.45, 7) is 3.93. The van der Waals surface area contributed by atoms with Crippen molar-refractivity contribution in [3.8, 4) is 5.75 Å². The molecular weight excluding hydrogens is 353 g/mol. The molecule has 0 saturated carbocycles. The largest absolute Gasteiger partial charge is 0.507 e. The number of methoxy groups -OCH3 is 1. The predicted molar refractivity (Wildman–Crippen MR) is 95.7 cm³/mol. The Balaban J connectivity index is 2.24. The Morgan fingerprint density at radius 3 is 2.63 bits per heavy atom. The number of Topliss-reactive ketones (excluding diaryl/α,β-unsaturated/α-hetero) is 1. The first kappa shape index (κ1) is 18.7. The minimum atomic E-state index is -0.883. The Bertz CT molecular complexity index is 930. The normalized spacial score (nSPS) is 19.0. The van der Waals surface area contributed by atoms with Crippen LogP contribution in [0.15, 0.2) is 40.3 Å². The van der Waals surface area contributed by atoms with E-state index < -0.39 is 29.3 Å². The van der Waals surface area contributed by atoms with Crippen LogP contribution in [-0.2, 0) is 9.59 Å². The first-order chi connectivity index (χ1) is 12.9. The van der Waals surface area contributed by atoms with Crippen molar-refractivity contribution in [2.45, 2.75) is 26.3 Å². The molecule has 1 aliphatic rings. The van der Waals surface area contributed by atoms with Crippen LogP contribution in [0.3, 0.4) is 0 Å². The molecule has 0 spiro atoms. The molecule has 142 valence electrons. The molecule has 7 heteroatoms. The van der Waals surface area contributed by atoms with Gasteiger partial charge in [-0.05, 0) is 43.7 Å². The van der Waals surface area contributed by atoms with Crippen molar-refractivity contribution in [3.63, 3.8) is 0 Å². The first-order valence-electron chi connectivity index (χ1n) is 8.57. The van der Waals surface area contributed by atoms with Crippen LogP contribution in [0, 0.1) is 12.7 Å². The molecule has 1 saturated heterocycles. The van der Waals surface area contributed by atoms with Crippen molar-refractivity contribution < 1.29 is 28.2 Å². The summed E-state index contributed by atoms with van der Waals surface area (Å²) in [6.07, 6.45) is 0.618. The van der Waals surface area contributed by atoms with Gasteiger partial charge in [0, 0.05) is 6.54 Å². The number of ether oxygens (including phenoxy) is 1. The summed E-state index contributed by atoms with van der Waals surface area (Å²) < 4.78 is 24.6. The highest BCUT2D eigenvalue weighted by atomic mass is 19.1. The molecule has 3 rings (SSSR count). The number of aryl methyl sites for hydroxylation is 1. The summed E-state index contributed by atoms with van der Waals surface area (Å²) in [7, 11) is 1.37. The van der Waals surface area contributed by atoms with E-state index in [2.05, 4.69) is 0 Å². The molecule has 1 amide bonds. The minimum Gasteiger partial charge on any atom is -0.507 e. The smallest absolute Gasteiger partial charge is 0.295 e. The molecule has 0 bridgehead atoms. The number of aliphatic hydroxyl groups is 1. The van der Waals surface area contributed by atoms with Crippen molar-refractivity contribution in [2.75, 3.05) is 13.7 Å². The van der Waals surface area contributed by atoms with Gasteiger partial charge in [-0.1, -0.05) is 6.92 Å². The van der Waals surface area contributed by atoms with Crippen LogP contribution in [0.2, 0.25) is 0 Å². The van der Waals surface area contributed by atoms with E-state index in [9.17, 15) is 19.1 Å². The van der Waals surface area contributed by atoms with Crippen LogP contribution in [-0.4, -0.2) is 35.4 Å². The Kier molecular flexibility index (Phi) is 5.03. The third-order valence-corrected chi connectivity index (χ3v) is 4.45. The fourth-order valence-corrected chi connectivity index (χ4v) is 3.26. The zero-order valence-corrected chi connectivity index (χ0v) is 15.3. The van der Waals surface area contributed by atoms with Crippen molar-refractivity contribution in [1.82, 2.24) is 4.90 Å². The number of ketones is 1. The summed E-state index contributed by atoms with van der Waals surface area (Å²) in [5.41, 5.74) is -0.146. The van der Waals surface area contributed by atoms with Crippen molar-refractivity contribution >= 4 is 17.4 Å². The number of aliphatic hydroxyl groups excluding tert-OH is 1. The van der Waals surface area contributed by atoms with E-state index in [4.69, 9.17) is 9.15 Å². The van der Waals surface area contributed by atoms with E-state index >= 15 is 0 Å². The molecule has 1 aromatic heterocycles. The maximum absolute atomic E-state index is 13.8. The molecule has 1 unspecified atom stereocenters. The van der Waals surface area contributed by atoms with Gasteiger partial charge >= 0.3 is 0 Å². The standard InChI is InChI=1S/C20H20FNO5/c1-4-9-22-17(15-7-5-11(2)27-15)16(19(24)20(22)25)18(23)13-10-12(21)6-8-14(13)26-3/h5-8,10,17,23H,4,9H2,1-3H3/b18-16+. The van der Waals surface area contributed by atoms with Gasteiger partial charge in [-0.25, -0.2) is 4.39 Å². The lowest BCUT2D eigenvalue weighted by Crippen LogP contribution is -2.30. The summed E-state index contributed by atoms with van der Waals surface area (Å²) in [6, 6.07) is 6.07. The van der Waals surface area contributed by atoms with Gasteiger partial charge in [-0.15, -0.1) is 0 Å². The molecule has 2 aromatic rings. The van der Waals surface area contributed by atoms with Crippen LogP contribution in [0.5, 0.6) is 5.75 Å². The fourth-order valence-electron chi connectivity index (χ4n) is 3.26. The number of carbonyl (C=O) groups is 2. The molecule has 1 N–H and O–H groups in total. The van der Waals surface area contributed by atoms with Crippen molar-refractivity contribution in [2.24, 2.45) is 0 Å². The highest BCUT2D eigenvalue weighted by molar-refractivity contribution is 6.46. The topological polar surface area (TPSA) is 80.0 Å². The third kappa shape index (κ3) is 3.20. The van der Waals surface area contributed by atoms with Gasteiger partial charge in [-0.3, -0.25) is 9.59 Å². The molecule has 1 aliphatic heterocycles. The molecule has 27 heavy (non-hydrogen) atoms. The lowest BCUT2D eigenvalue weighted by atomic mass is 9.98. The number of benzene rings is 1. The molecule has 0 radical (unpaired) electrons. The zero-order chi connectivity index (χ0) is 19.7. The van der Waals surface area contributed by atoms with E-state index in [1.165, 1.54) is 24.1 Å². The lowest BCUT2D eigenvalue weighted by molar-refractivity contribution is -0.140. The number of carbonyl (C=O) groups excluding carboxylic acids is 2. The van der Waals surface area contributed by atoms with Crippen molar-refractivity contribution in [3.05, 3.63) is 58.8 Å². The number of halogens is 1. The van der Waals surface area contributed by atoms with Gasteiger partial charge in [-0.2, -0.15) is 0 Å². The summed E-state index contributed by atoms with van der Waals surface area (Å²) in [5, 5.41) is 10.9. The van der Waals surface area contributed by atoms with Crippen LogP contribution in [0.1, 0.15) is 36.5 Å². The fraction of sp³-hybridized carbons (Fsp3) is 0.300. The molecule has 1 fully saturated rings. The summed E-state index contributed by atoms with van der Waals surface area (Å²) in [4.78, 5) is 26.6. The zero-order valence-electron chi connectivity index (χ0n) is 15.3. The second kappa shape index (κ2) is 7.26. The van der Waals surface area contributed by atoms with E-state index in [1.54, 1.807) is 19.1 Å². The molecule has 2 heterocycles. The van der Waals surface area contributed by atoms with Gasteiger partial charge in [0.1, 0.15) is 34.9 Å². The van der Waals surface area contributed by atoms with E-state index in [0.717, 1.165) is 6.07 Å². The number of nitrogens with zero attached hydrogens (tertiary/aromatic N) is 1. The number of amides is 1. The Hall–Kier alpha value is -3.09.